The van der Waals surface area contributed by atoms with Gasteiger partial charge in [-0.05, 0) is 39.5 Å². The molecule has 1 amide bonds. The number of ether oxygens (including phenoxy) is 1. The second kappa shape index (κ2) is 5.85. The fourth-order valence-electron chi connectivity index (χ4n) is 3.01. The van der Waals surface area contributed by atoms with Crippen molar-refractivity contribution in [3.05, 3.63) is 0 Å². The van der Waals surface area contributed by atoms with Crippen LogP contribution in [0.5, 0.6) is 0 Å². The molecule has 0 aromatic heterocycles. The van der Waals surface area contributed by atoms with E-state index < -0.39 is 0 Å². The number of carbonyl (C=O) groups is 1. The van der Waals surface area contributed by atoms with Crippen LogP contribution in [0.15, 0.2) is 0 Å². The topological polar surface area (TPSA) is 29.5 Å². The molecule has 17 heavy (non-hydrogen) atoms. The lowest BCUT2D eigenvalue weighted by Crippen LogP contribution is -2.45. The summed E-state index contributed by atoms with van der Waals surface area (Å²) >= 11 is 0. The Labute approximate surface area is 106 Å². The van der Waals surface area contributed by atoms with Gasteiger partial charge in [-0.25, -0.2) is 0 Å². The van der Waals surface area contributed by atoms with Crippen molar-refractivity contribution in [2.24, 2.45) is 11.8 Å². The number of hydrogen-bond donors (Lipinski definition) is 0. The number of rotatable bonds is 4. The van der Waals surface area contributed by atoms with Crippen LogP contribution in [0.4, 0.5) is 0 Å². The number of carbonyl (C=O) groups excluding carboxylic acids is 1. The third kappa shape index (κ3) is 2.82. The smallest absolute Gasteiger partial charge is 0.228 e. The Bertz CT molecular complexity index is 267. The summed E-state index contributed by atoms with van der Waals surface area (Å²) in [5.74, 6) is 0.866. The van der Waals surface area contributed by atoms with Crippen molar-refractivity contribution in [2.75, 3.05) is 7.11 Å². The van der Waals surface area contributed by atoms with Gasteiger partial charge < -0.3 is 9.64 Å². The lowest BCUT2D eigenvalue weighted by molar-refractivity contribution is -0.142. The molecule has 5 atom stereocenters. The zero-order chi connectivity index (χ0) is 13.2. The highest BCUT2D eigenvalue weighted by Crippen LogP contribution is 2.31. The highest BCUT2D eigenvalue weighted by molar-refractivity contribution is 5.80. The van der Waals surface area contributed by atoms with Gasteiger partial charge in [0.2, 0.25) is 5.91 Å². The molecule has 0 spiro atoms. The first-order valence-corrected chi connectivity index (χ1v) is 6.78. The maximum absolute atomic E-state index is 12.6. The molecular formula is C14H27NO2. The van der Waals surface area contributed by atoms with E-state index in [2.05, 4.69) is 32.6 Å². The molecule has 0 radical (unpaired) electrons. The van der Waals surface area contributed by atoms with Crippen LogP contribution in [0, 0.1) is 11.8 Å². The minimum atomic E-state index is -0.00444. The minimum absolute atomic E-state index is 0.00260. The molecule has 1 saturated heterocycles. The predicted octanol–water partition coefficient (Wildman–Crippen LogP) is 2.69. The number of nitrogens with zero attached hydrogens (tertiary/aromatic N) is 1. The summed E-state index contributed by atoms with van der Waals surface area (Å²) in [5, 5.41) is 0. The molecule has 0 saturated carbocycles. The zero-order valence-electron chi connectivity index (χ0n) is 12.1. The van der Waals surface area contributed by atoms with Crippen LogP contribution in [-0.2, 0) is 9.53 Å². The SMILES string of the molecule is CCC(C(=O)N1C(C)C(C)C[C@H]1C)C(C)OC. The average Bonchev–Trinajstić information content (AvgIpc) is 2.53. The van der Waals surface area contributed by atoms with Gasteiger partial charge in [0.25, 0.3) is 0 Å². The van der Waals surface area contributed by atoms with Gasteiger partial charge >= 0.3 is 0 Å². The lowest BCUT2D eigenvalue weighted by Gasteiger charge is -2.32. The second-order valence-electron chi connectivity index (χ2n) is 5.50. The Morgan fingerprint density at radius 1 is 1.41 bits per heavy atom. The molecule has 0 aliphatic carbocycles. The minimum Gasteiger partial charge on any atom is -0.381 e. The Hall–Kier alpha value is -0.570. The summed E-state index contributed by atoms with van der Waals surface area (Å²) in [4.78, 5) is 14.7. The van der Waals surface area contributed by atoms with Crippen LogP contribution in [-0.4, -0.2) is 36.1 Å². The standard InChI is InChI=1S/C14H27NO2/c1-7-13(12(5)17-6)14(16)15-10(3)8-9(2)11(15)4/h9-13H,7-8H2,1-6H3/t9?,10-,11?,12?,13?/m1/s1. The molecule has 0 bridgehead atoms. The van der Waals surface area contributed by atoms with E-state index in [1.807, 2.05) is 6.92 Å². The van der Waals surface area contributed by atoms with Gasteiger partial charge in [0.1, 0.15) is 0 Å². The lowest BCUT2D eigenvalue weighted by atomic mass is 9.97. The van der Waals surface area contributed by atoms with E-state index in [4.69, 9.17) is 4.74 Å². The first kappa shape index (κ1) is 14.5. The first-order chi connectivity index (χ1) is 7.93. The van der Waals surface area contributed by atoms with Crippen molar-refractivity contribution >= 4 is 5.91 Å². The van der Waals surface area contributed by atoms with Gasteiger partial charge in [-0.15, -0.1) is 0 Å². The number of methoxy groups -OCH3 is 1. The summed E-state index contributed by atoms with van der Waals surface area (Å²) < 4.78 is 5.33. The third-order valence-electron chi connectivity index (χ3n) is 4.40. The molecule has 1 fully saturated rings. The van der Waals surface area contributed by atoms with Crippen molar-refractivity contribution in [2.45, 2.75) is 65.6 Å². The van der Waals surface area contributed by atoms with Crippen LogP contribution in [0.2, 0.25) is 0 Å². The molecular weight excluding hydrogens is 214 g/mol. The fraction of sp³-hybridized carbons (Fsp3) is 0.929. The van der Waals surface area contributed by atoms with E-state index in [9.17, 15) is 4.79 Å². The molecule has 4 unspecified atom stereocenters. The van der Waals surface area contributed by atoms with Crippen LogP contribution in [0.1, 0.15) is 47.5 Å². The van der Waals surface area contributed by atoms with Crippen molar-refractivity contribution in [1.29, 1.82) is 0 Å². The highest BCUT2D eigenvalue weighted by atomic mass is 16.5. The monoisotopic (exact) mass is 241 g/mol. The quantitative estimate of drug-likeness (QED) is 0.757. The van der Waals surface area contributed by atoms with Gasteiger partial charge in [-0.1, -0.05) is 13.8 Å². The molecule has 1 rings (SSSR count). The molecule has 0 aromatic carbocycles. The van der Waals surface area contributed by atoms with Crippen molar-refractivity contribution in [3.63, 3.8) is 0 Å². The maximum Gasteiger partial charge on any atom is 0.228 e. The molecule has 100 valence electrons. The molecule has 3 nitrogen and oxygen atoms in total. The second-order valence-corrected chi connectivity index (χ2v) is 5.50. The maximum atomic E-state index is 12.6. The van der Waals surface area contributed by atoms with Gasteiger partial charge in [0.05, 0.1) is 12.0 Å². The van der Waals surface area contributed by atoms with Gasteiger partial charge in [0, 0.05) is 19.2 Å². The Morgan fingerprint density at radius 2 is 2.00 bits per heavy atom. The van der Waals surface area contributed by atoms with E-state index in [1.165, 1.54) is 0 Å². The first-order valence-electron chi connectivity index (χ1n) is 6.78. The van der Waals surface area contributed by atoms with Crippen LogP contribution < -0.4 is 0 Å². The van der Waals surface area contributed by atoms with Crippen LogP contribution in [0.25, 0.3) is 0 Å². The molecule has 1 heterocycles. The third-order valence-corrected chi connectivity index (χ3v) is 4.40. The average molecular weight is 241 g/mol. The fourth-order valence-corrected chi connectivity index (χ4v) is 3.01. The Morgan fingerprint density at radius 3 is 2.35 bits per heavy atom. The summed E-state index contributed by atoms with van der Waals surface area (Å²) in [7, 11) is 1.68. The van der Waals surface area contributed by atoms with Crippen LogP contribution >= 0.6 is 0 Å². The van der Waals surface area contributed by atoms with E-state index in [1.54, 1.807) is 7.11 Å². The summed E-state index contributed by atoms with van der Waals surface area (Å²) in [6.07, 6.45) is 1.96. The number of hydrogen-bond acceptors (Lipinski definition) is 2. The summed E-state index contributed by atoms with van der Waals surface area (Å²) in [5.41, 5.74) is 0. The van der Waals surface area contributed by atoms with E-state index in [0.717, 1.165) is 12.8 Å². The van der Waals surface area contributed by atoms with E-state index in [0.29, 0.717) is 18.0 Å². The predicted molar refractivity (Wildman–Crippen MR) is 69.8 cm³/mol. The van der Waals surface area contributed by atoms with Crippen molar-refractivity contribution in [3.8, 4) is 0 Å². The Balaban J connectivity index is 2.80. The normalized spacial score (nSPS) is 32.6. The van der Waals surface area contributed by atoms with Gasteiger partial charge in [-0.3, -0.25) is 4.79 Å². The van der Waals surface area contributed by atoms with Gasteiger partial charge in [0.15, 0.2) is 0 Å². The molecule has 1 aliphatic heterocycles. The van der Waals surface area contributed by atoms with Crippen molar-refractivity contribution in [1.82, 2.24) is 4.90 Å². The van der Waals surface area contributed by atoms with E-state index in [-0.39, 0.29) is 17.9 Å². The summed E-state index contributed by atoms with van der Waals surface area (Å²) in [6, 6.07) is 0.723. The van der Waals surface area contributed by atoms with Gasteiger partial charge in [-0.2, -0.15) is 0 Å². The molecule has 1 aliphatic rings. The Kier molecular flexibility index (Phi) is 4.99. The van der Waals surface area contributed by atoms with Crippen LogP contribution in [0.3, 0.4) is 0 Å². The number of amides is 1. The van der Waals surface area contributed by atoms with E-state index >= 15 is 0 Å². The molecule has 3 heteroatoms. The summed E-state index contributed by atoms with van der Waals surface area (Å²) in [6.45, 7) is 10.6. The number of likely N-dealkylation sites (tertiary alicyclic amines) is 1. The molecule has 0 aromatic rings. The zero-order valence-corrected chi connectivity index (χ0v) is 12.1. The largest absolute Gasteiger partial charge is 0.381 e. The molecule has 0 N–H and O–H groups in total. The highest BCUT2D eigenvalue weighted by Gasteiger charge is 2.39. The van der Waals surface area contributed by atoms with Crippen molar-refractivity contribution < 1.29 is 9.53 Å².